The molecule has 0 amide bonds. The van der Waals surface area contributed by atoms with E-state index in [-0.39, 0.29) is 5.56 Å². The number of benzene rings is 1. The van der Waals surface area contributed by atoms with Crippen LogP contribution in [-0.4, -0.2) is 25.2 Å². The van der Waals surface area contributed by atoms with Gasteiger partial charge in [0.15, 0.2) is 0 Å². The third-order valence-electron chi connectivity index (χ3n) is 3.80. The first-order chi connectivity index (χ1) is 11.4. The fourth-order valence-corrected chi connectivity index (χ4v) is 3.80. The molecule has 6 nitrogen and oxygen atoms in total. The minimum atomic E-state index is -3.04. The van der Waals surface area contributed by atoms with Crippen molar-refractivity contribution in [1.29, 1.82) is 0 Å². The molecule has 0 atom stereocenters. The van der Waals surface area contributed by atoms with Crippen molar-refractivity contribution >= 4 is 21.5 Å². The summed E-state index contributed by atoms with van der Waals surface area (Å²) in [6.07, 6.45) is 4.95. The molecule has 0 bridgehead atoms. The third kappa shape index (κ3) is 2.94. The molecule has 0 unspecified atom stereocenters. The number of hydrogen-bond donors (Lipinski definition) is 3. The number of aromatic nitrogens is 2. The Hall–Kier alpha value is -2.19. The van der Waals surface area contributed by atoms with E-state index in [2.05, 4.69) is 9.71 Å². The summed E-state index contributed by atoms with van der Waals surface area (Å²) in [5.74, 6) is 0. The molecule has 0 aliphatic rings. The summed E-state index contributed by atoms with van der Waals surface area (Å²) in [6, 6.07) is 8.85. The highest BCUT2D eigenvalue weighted by molar-refractivity contribution is 8.22. The van der Waals surface area contributed by atoms with E-state index in [9.17, 15) is 13.9 Å². The largest absolute Gasteiger partial charge is 0.317 e. The van der Waals surface area contributed by atoms with Crippen LogP contribution in [0.2, 0.25) is 0 Å². The molecule has 24 heavy (non-hydrogen) atoms. The fourth-order valence-electron chi connectivity index (χ4n) is 2.67. The number of nitrogens with zero attached hydrogens (tertiary/aromatic N) is 2. The van der Waals surface area contributed by atoms with Gasteiger partial charge in [-0.15, -0.1) is 10.8 Å². The van der Waals surface area contributed by atoms with Crippen LogP contribution in [0.25, 0.3) is 21.9 Å². The molecule has 2 heterocycles. The summed E-state index contributed by atoms with van der Waals surface area (Å²) in [4.78, 5) is 16.7. The predicted octanol–water partition coefficient (Wildman–Crippen LogP) is 3.23. The maximum absolute atomic E-state index is 12.3. The Labute approximate surface area is 141 Å². The number of hydrogen-bond acceptors (Lipinski definition) is 5. The number of nitrogens with one attached hydrogen (secondary N) is 1. The zero-order chi connectivity index (χ0) is 17.3. The lowest BCUT2D eigenvalue weighted by molar-refractivity contribution is 0.472. The molecule has 3 aromatic rings. The van der Waals surface area contributed by atoms with E-state index >= 15 is 0 Å². The predicted molar refractivity (Wildman–Crippen MR) is 97.2 cm³/mol. The van der Waals surface area contributed by atoms with Crippen LogP contribution in [0.3, 0.4) is 0 Å². The van der Waals surface area contributed by atoms with E-state index in [1.807, 2.05) is 13.0 Å². The van der Waals surface area contributed by atoms with Gasteiger partial charge in [-0.2, -0.15) is 0 Å². The minimum absolute atomic E-state index is 0.116. The van der Waals surface area contributed by atoms with Crippen molar-refractivity contribution in [3.05, 3.63) is 59.3 Å². The Morgan fingerprint density at radius 1 is 1.25 bits per heavy atom. The van der Waals surface area contributed by atoms with Gasteiger partial charge < -0.3 is 4.57 Å². The van der Waals surface area contributed by atoms with Gasteiger partial charge in [0.25, 0.3) is 5.56 Å². The van der Waals surface area contributed by atoms with Crippen molar-refractivity contribution in [2.24, 2.45) is 7.05 Å². The highest BCUT2D eigenvalue weighted by Crippen LogP contribution is 2.45. The summed E-state index contributed by atoms with van der Waals surface area (Å²) in [7, 11) is -1.35. The number of rotatable bonds is 4. The monoisotopic (exact) mass is 345 g/mol. The first kappa shape index (κ1) is 16.7. The van der Waals surface area contributed by atoms with Crippen LogP contribution in [-0.2, 0) is 7.05 Å². The van der Waals surface area contributed by atoms with Gasteiger partial charge in [-0.05, 0) is 29.1 Å². The quantitative estimate of drug-likeness (QED) is 0.676. The van der Waals surface area contributed by atoms with E-state index in [1.165, 1.54) is 4.57 Å². The van der Waals surface area contributed by atoms with Gasteiger partial charge in [0.05, 0.1) is 10.3 Å². The second kappa shape index (κ2) is 6.37. The Kier molecular flexibility index (Phi) is 4.42. The van der Waals surface area contributed by atoms with Crippen molar-refractivity contribution in [1.82, 2.24) is 14.3 Å². The lowest BCUT2D eigenvalue weighted by atomic mass is 10.0. The summed E-state index contributed by atoms with van der Waals surface area (Å²) in [5, 5.41) is 1.31. The summed E-state index contributed by atoms with van der Waals surface area (Å²) >= 11 is 0. The Morgan fingerprint density at radius 2 is 2.04 bits per heavy atom. The van der Waals surface area contributed by atoms with Crippen LogP contribution in [0.5, 0.6) is 0 Å². The van der Waals surface area contributed by atoms with Gasteiger partial charge in [0.1, 0.15) is 0 Å². The van der Waals surface area contributed by atoms with E-state index in [1.54, 1.807) is 49.9 Å². The van der Waals surface area contributed by atoms with E-state index in [0.717, 1.165) is 16.5 Å². The van der Waals surface area contributed by atoms with Crippen molar-refractivity contribution in [2.75, 3.05) is 6.54 Å². The lowest BCUT2D eigenvalue weighted by Gasteiger charge is -2.32. The zero-order valence-electron chi connectivity index (χ0n) is 13.4. The molecule has 0 radical (unpaired) electrons. The smallest absolute Gasteiger partial charge is 0.259 e. The molecular weight excluding hydrogens is 326 g/mol. The van der Waals surface area contributed by atoms with Crippen LogP contribution in [0.4, 0.5) is 0 Å². The second-order valence-corrected chi connectivity index (χ2v) is 7.31. The molecule has 3 N–H and O–H groups in total. The molecule has 3 rings (SSSR count). The van der Waals surface area contributed by atoms with Gasteiger partial charge >= 0.3 is 0 Å². The van der Waals surface area contributed by atoms with Crippen LogP contribution in [0, 0.1) is 0 Å². The van der Waals surface area contributed by atoms with Crippen molar-refractivity contribution in [2.45, 2.75) is 11.8 Å². The molecule has 0 aliphatic carbocycles. The van der Waals surface area contributed by atoms with Gasteiger partial charge in [-0.25, -0.2) is 4.72 Å². The summed E-state index contributed by atoms with van der Waals surface area (Å²) < 4.78 is 24.7. The molecular formula is C17H19N3O3S. The van der Waals surface area contributed by atoms with Gasteiger partial charge in [0.2, 0.25) is 0 Å². The third-order valence-corrected chi connectivity index (χ3v) is 5.41. The molecule has 0 spiro atoms. The van der Waals surface area contributed by atoms with E-state index in [4.69, 9.17) is 0 Å². The Morgan fingerprint density at radius 3 is 2.79 bits per heavy atom. The van der Waals surface area contributed by atoms with Crippen molar-refractivity contribution < 1.29 is 9.11 Å². The molecule has 0 saturated carbocycles. The molecule has 0 saturated heterocycles. The lowest BCUT2D eigenvalue weighted by Crippen LogP contribution is -2.19. The van der Waals surface area contributed by atoms with E-state index < -0.39 is 10.8 Å². The van der Waals surface area contributed by atoms with Crippen molar-refractivity contribution in [3.8, 4) is 11.1 Å². The molecule has 2 aromatic heterocycles. The molecule has 7 heteroatoms. The topological polar surface area (TPSA) is 87.4 Å². The number of aryl methyl sites for hydroxylation is 1. The van der Waals surface area contributed by atoms with Gasteiger partial charge in [-0.3, -0.25) is 18.9 Å². The number of pyridine rings is 2. The first-order valence-corrected chi connectivity index (χ1v) is 9.05. The first-order valence-electron chi connectivity index (χ1n) is 7.50. The molecule has 1 aromatic carbocycles. The maximum Gasteiger partial charge on any atom is 0.259 e. The minimum Gasteiger partial charge on any atom is -0.317 e. The average Bonchev–Trinajstić information content (AvgIpc) is 2.58. The van der Waals surface area contributed by atoms with E-state index in [0.29, 0.717) is 16.8 Å². The Bertz CT molecular complexity index is 953. The normalized spacial score (nSPS) is 12.5. The summed E-state index contributed by atoms with van der Waals surface area (Å²) in [5.41, 5.74) is 1.52. The maximum atomic E-state index is 12.3. The SMILES string of the molecule is CCNS(O)(O)c1cccc(-c2cn(C)c(=O)c3cnccc23)c1. The van der Waals surface area contributed by atoms with Crippen LogP contribution in [0.15, 0.2) is 58.6 Å². The number of fused-ring (bicyclic) bond motifs is 1. The molecule has 0 fully saturated rings. The zero-order valence-corrected chi connectivity index (χ0v) is 14.2. The second-order valence-electron chi connectivity index (χ2n) is 5.45. The highest BCUT2D eigenvalue weighted by atomic mass is 32.3. The van der Waals surface area contributed by atoms with Crippen LogP contribution in [0.1, 0.15) is 6.92 Å². The van der Waals surface area contributed by atoms with Gasteiger partial charge in [0, 0.05) is 37.7 Å². The summed E-state index contributed by atoms with van der Waals surface area (Å²) in [6.45, 7) is 2.26. The average molecular weight is 345 g/mol. The van der Waals surface area contributed by atoms with Gasteiger partial charge in [-0.1, -0.05) is 19.1 Å². The van der Waals surface area contributed by atoms with Crippen molar-refractivity contribution in [3.63, 3.8) is 0 Å². The van der Waals surface area contributed by atoms with Crippen LogP contribution < -0.4 is 10.3 Å². The fraction of sp³-hybridized carbons (Fsp3) is 0.176. The highest BCUT2D eigenvalue weighted by Gasteiger charge is 2.16. The Balaban J connectivity index is 2.22. The molecule has 126 valence electrons. The standard InChI is InChI=1S/C17H19N3O3S/c1-3-19-24(22,23)13-6-4-5-12(9-13)16-11-20(2)17(21)15-10-18-8-7-14(15)16/h4-11,19,22-23H,3H2,1-2H3. The molecule has 0 aliphatic heterocycles. The van der Waals surface area contributed by atoms with Crippen LogP contribution >= 0.6 is 10.8 Å².